The molecule has 1 atom stereocenters. The van der Waals surface area contributed by atoms with Crippen LogP contribution in [0.2, 0.25) is 10.0 Å². The molecular formula is C22H23Cl2NO6S. The second kappa shape index (κ2) is 8.33. The second-order valence-electron chi connectivity index (χ2n) is 8.77. The predicted molar refractivity (Wildman–Crippen MR) is 121 cm³/mol. The summed E-state index contributed by atoms with van der Waals surface area (Å²) >= 11 is 12.0. The summed E-state index contributed by atoms with van der Waals surface area (Å²) in [5.74, 6) is -2.78. The lowest BCUT2D eigenvalue weighted by Crippen LogP contribution is -2.51. The van der Waals surface area contributed by atoms with Crippen molar-refractivity contribution in [2.75, 3.05) is 6.54 Å². The van der Waals surface area contributed by atoms with Gasteiger partial charge in [0.1, 0.15) is 0 Å². The van der Waals surface area contributed by atoms with Crippen molar-refractivity contribution in [2.45, 2.75) is 49.5 Å². The Balaban J connectivity index is 2.28. The maximum absolute atomic E-state index is 13.5. The van der Waals surface area contributed by atoms with Crippen molar-refractivity contribution in [3.05, 3.63) is 63.1 Å². The summed E-state index contributed by atoms with van der Waals surface area (Å²) in [6, 6.07) is 8.22. The molecule has 172 valence electrons. The Morgan fingerprint density at radius 1 is 1.03 bits per heavy atom. The fourth-order valence-corrected chi connectivity index (χ4v) is 6.58. The van der Waals surface area contributed by atoms with Gasteiger partial charge in [0, 0.05) is 16.6 Å². The molecule has 1 aliphatic rings. The minimum atomic E-state index is -4.37. The summed E-state index contributed by atoms with van der Waals surface area (Å²) in [7, 11) is -4.37. The topological polar surface area (TPSA) is 112 Å². The Labute approximate surface area is 196 Å². The highest BCUT2D eigenvalue weighted by Crippen LogP contribution is 2.45. The molecule has 0 aliphatic carbocycles. The zero-order chi connectivity index (χ0) is 24.1. The highest BCUT2D eigenvalue weighted by atomic mass is 35.5. The second-order valence-corrected chi connectivity index (χ2v) is 11.5. The lowest BCUT2D eigenvalue weighted by Gasteiger charge is -2.35. The van der Waals surface area contributed by atoms with Crippen molar-refractivity contribution in [1.82, 2.24) is 4.31 Å². The average Bonchev–Trinajstić information content (AvgIpc) is 3.13. The van der Waals surface area contributed by atoms with Crippen LogP contribution < -0.4 is 0 Å². The zero-order valence-electron chi connectivity index (χ0n) is 17.7. The van der Waals surface area contributed by atoms with E-state index in [9.17, 15) is 28.2 Å². The molecule has 1 aliphatic heterocycles. The number of halogens is 2. The third-order valence-electron chi connectivity index (χ3n) is 5.66. The first-order valence-electron chi connectivity index (χ1n) is 9.82. The molecule has 0 bridgehead atoms. The number of carboxylic acid groups (broad SMARTS) is 2. The number of carbonyl (C=O) groups is 2. The molecule has 7 nitrogen and oxygen atoms in total. The van der Waals surface area contributed by atoms with Crippen LogP contribution in [0.4, 0.5) is 0 Å². The van der Waals surface area contributed by atoms with Crippen molar-refractivity contribution in [3.63, 3.8) is 0 Å². The van der Waals surface area contributed by atoms with E-state index in [1.807, 2.05) is 20.8 Å². The quantitative estimate of drug-likeness (QED) is 0.613. The summed E-state index contributed by atoms with van der Waals surface area (Å²) in [6.45, 7) is 5.60. The molecule has 10 heteroatoms. The molecule has 1 fully saturated rings. The number of nitrogens with zero attached hydrogens (tertiary/aromatic N) is 1. The number of hydrogen-bond donors (Lipinski definition) is 2. The summed E-state index contributed by atoms with van der Waals surface area (Å²) in [5.41, 5.74) is -2.12. The predicted octanol–water partition coefficient (Wildman–Crippen LogP) is 4.75. The minimum absolute atomic E-state index is 0.0784. The van der Waals surface area contributed by atoms with Crippen molar-refractivity contribution < 1.29 is 28.2 Å². The Morgan fingerprint density at radius 3 is 2.12 bits per heavy atom. The lowest BCUT2D eigenvalue weighted by molar-refractivity contribution is -0.147. The molecule has 1 unspecified atom stereocenters. The van der Waals surface area contributed by atoms with Crippen LogP contribution in [0.3, 0.4) is 0 Å². The number of benzene rings is 2. The van der Waals surface area contributed by atoms with Crippen molar-refractivity contribution in [2.24, 2.45) is 0 Å². The van der Waals surface area contributed by atoms with Crippen LogP contribution >= 0.6 is 23.2 Å². The van der Waals surface area contributed by atoms with Gasteiger partial charge in [-0.3, -0.25) is 0 Å². The van der Waals surface area contributed by atoms with Crippen LogP contribution in [0.1, 0.15) is 55.1 Å². The summed E-state index contributed by atoms with van der Waals surface area (Å²) in [4.78, 5) is 24.5. The normalized spacial score (nSPS) is 19.8. The molecule has 3 rings (SSSR count). The largest absolute Gasteiger partial charge is 0.480 e. The van der Waals surface area contributed by atoms with Gasteiger partial charge in [-0.1, -0.05) is 56.1 Å². The van der Waals surface area contributed by atoms with Gasteiger partial charge in [-0.15, -0.1) is 0 Å². The number of hydrogen-bond acceptors (Lipinski definition) is 4. The van der Waals surface area contributed by atoms with Crippen LogP contribution in [0.15, 0.2) is 41.3 Å². The number of aliphatic carboxylic acids is 1. The van der Waals surface area contributed by atoms with Gasteiger partial charge in [0.15, 0.2) is 5.54 Å². The lowest BCUT2D eigenvalue weighted by atomic mass is 9.80. The van der Waals surface area contributed by atoms with Crippen LogP contribution in [-0.4, -0.2) is 41.4 Å². The monoisotopic (exact) mass is 499 g/mol. The first-order valence-corrected chi connectivity index (χ1v) is 12.0. The summed E-state index contributed by atoms with van der Waals surface area (Å²) < 4.78 is 27.9. The fraction of sp³-hybridized carbons (Fsp3) is 0.364. The van der Waals surface area contributed by atoms with Crippen LogP contribution in [0.25, 0.3) is 0 Å². The van der Waals surface area contributed by atoms with E-state index in [4.69, 9.17) is 23.2 Å². The molecule has 0 radical (unpaired) electrons. The molecule has 1 saturated heterocycles. The Morgan fingerprint density at radius 2 is 1.62 bits per heavy atom. The highest BCUT2D eigenvalue weighted by Gasteiger charge is 2.56. The smallest absolute Gasteiger partial charge is 0.336 e. The highest BCUT2D eigenvalue weighted by molar-refractivity contribution is 7.89. The minimum Gasteiger partial charge on any atom is -0.480 e. The third-order valence-corrected chi connectivity index (χ3v) is 8.01. The molecule has 0 amide bonds. The molecule has 2 aromatic rings. The maximum atomic E-state index is 13.5. The van der Waals surface area contributed by atoms with Gasteiger partial charge < -0.3 is 10.2 Å². The van der Waals surface area contributed by atoms with Crippen molar-refractivity contribution in [1.29, 1.82) is 0 Å². The van der Waals surface area contributed by atoms with E-state index in [0.717, 1.165) is 4.31 Å². The van der Waals surface area contributed by atoms with E-state index >= 15 is 0 Å². The van der Waals surface area contributed by atoms with E-state index in [1.54, 1.807) is 6.07 Å². The van der Waals surface area contributed by atoms with Gasteiger partial charge in [0.25, 0.3) is 0 Å². The first kappa shape index (κ1) is 24.5. The summed E-state index contributed by atoms with van der Waals surface area (Å²) in [5, 5.41) is 20.3. The molecule has 2 aromatic carbocycles. The fourth-order valence-electron chi connectivity index (χ4n) is 4.07. The van der Waals surface area contributed by atoms with Gasteiger partial charge in [-0.2, -0.15) is 4.31 Å². The zero-order valence-corrected chi connectivity index (χ0v) is 20.1. The third kappa shape index (κ3) is 4.12. The molecule has 1 heterocycles. The Hall–Kier alpha value is -2.13. The molecular weight excluding hydrogens is 477 g/mol. The van der Waals surface area contributed by atoms with E-state index in [0.29, 0.717) is 5.56 Å². The van der Waals surface area contributed by atoms with Gasteiger partial charge in [0.2, 0.25) is 10.0 Å². The van der Waals surface area contributed by atoms with Crippen molar-refractivity contribution in [3.8, 4) is 0 Å². The van der Waals surface area contributed by atoms with Gasteiger partial charge in [0.05, 0.1) is 10.5 Å². The number of rotatable bonds is 5. The van der Waals surface area contributed by atoms with Crippen LogP contribution in [0, 0.1) is 0 Å². The van der Waals surface area contributed by atoms with Gasteiger partial charge >= 0.3 is 11.9 Å². The summed E-state index contributed by atoms with van der Waals surface area (Å²) in [6.07, 6.45) is 0.158. The molecule has 0 saturated carbocycles. The number of aromatic carboxylic acids is 1. The van der Waals surface area contributed by atoms with Gasteiger partial charge in [-0.25, -0.2) is 18.0 Å². The first-order chi connectivity index (χ1) is 14.7. The maximum Gasteiger partial charge on any atom is 0.336 e. The standard InChI is InChI=1S/C22H23Cl2NO6S/c1-21(2,3)13-5-6-18(17(9-13)19(26)27)22(20(28)29)7-4-8-25(22)32(30,31)16-11-14(23)10-15(24)12-16/h5-6,9-12H,4,7-8H2,1-3H3,(H,26,27)(H,28,29). The van der Waals surface area contributed by atoms with E-state index in [2.05, 4.69) is 0 Å². The van der Waals surface area contributed by atoms with Gasteiger partial charge in [-0.05, 0) is 53.6 Å². The Kier molecular flexibility index (Phi) is 6.38. The van der Waals surface area contributed by atoms with E-state index < -0.39 is 32.9 Å². The Bertz CT molecular complexity index is 1190. The molecule has 32 heavy (non-hydrogen) atoms. The number of sulfonamides is 1. The van der Waals surface area contributed by atoms with E-state index in [1.165, 1.54) is 30.3 Å². The average molecular weight is 500 g/mol. The SMILES string of the molecule is CC(C)(C)c1ccc(C2(C(=O)O)CCCN2S(=O)(=O)c2cc(Cl)cc(Cl)c2)c(C(=O)O)c1. The van der Waals surface area contributed by atoms with Crippen LogP contribution in [-0.2, 0) is 25.8 Å². The number of carboxylic acids is 2. The molecule has 0 spiro atoms. The molecule has 0 aromatic heterocycles. The molecule has 2 N–H and O–H groups in total. The van der Waals surface area contributed by atoms with Crippen LogP contribution in [0.5, 0.6) is 0 Å². The van der Waals surface area contributed by atoms with E-state index in [-0.39, 0.29) is 45.5 Å². The van der Waals surface area contributed by atoms with Crippen molar-refractivity contribution >= 4 is 45.2 Å².